The fraction of sp³-hybridized carbons (Fsp3) is 0.333. The Bertz CT molecular complexity index is 302. The van der Waals surface area contributed by atoms with Crippen molar-refractivity contribution in [1.29, 1.82) is 0 Å². The lowest BCUT2D eigenvalue weighted by Crippen LogP contribution is -2.29. The minimum Gasteiger partial charge on any atom is -0.480 e. The van der Waals surface area contributed by atoms with Crippen molar-refractivity contribution in [3.8, 4) is 0 Å². The minimum atomic E-state index is -0.943. The molecule has 1 aromatic rings. The van der Waals surface area contributed by atoms with E-state index in [1.54, 1.807) is 37.6 Å². The summed E-state index contributed by atoms with van der Waals surface area (Å²) < 4.78 is -0.943. The maximum Gasteiger partial charge on any atom is 0.325 e. The number of hydrogen-bond acceptors (Lipinski definition) is 3. The van der Waals surface area contributed by atoms with Gasteiger partial charge in [0.25, 0.3) is 0 Å². The number of pyridine rings is 1. The highest BCUT2D eigenvalue weighted by atomic mass is 32.2. The van der Waals surface area contributed by atoms with E-state index in [1.807, 2.05) is 0 Å². The van der Waals surface area contributed by atoms with Gasteiger partial charge >= 0.3 is 5.97 Å². The molecule has 70 valence electrons. The van der Waals surface area contributed by atoms with E-state index in [1.165, 1.54) is 11.8 Å². The summed E-state index contributed by atoms with van der Waals surface area (Å²) in [5.74, 6) is -0.862. The second kappa shape index (κ2) is 3.79. The van der Waals surface area contributed by atoms with Crippen molar-refractivity contribution in [3.05, 3.63) is 30.1 Å². The Balaban J connectivity index is 3.11. The van der Waals surface area contributed by atoms with Crippen molar-refractivity contribution >= 4 is 17.7 Å². The van der Waals surface area contributed by atoms with E-state index in [2.05, 4.69) is 4.98 Å². The van der Waals surface area contributed by atoms with Gasteiger partial charge in [-0.15, -0.1) is 11.8 Å². The molecule has 0 radical (unpaired) electrons. The lowest BCUT2D eigenvalue weighted by Gasteiger charge is -2.21. The fourth-order valence-corrected chi connectivity index (χ4v) is 1.45. The number of thioether (sulfide) groups is 1. The lowest BCUT2D eigenvalue weighted by atomic mass is 10.1. The molecule has 0 bridgehead atoms. The molecule has 0 amide bonds. The summed E-state index contributed by atoms with van der Waals surface area (Å²) in [5.41, 5.74) is 0.579. The van der Waals surface area contributed by atoms with Crippen LogP contribution >= 0.6 is 11.8 Å². The zero-order valence-corrected chi connectivity index (χ0v) is 8.34. The van der Waals surface area contributed by atoms with Crippen molar-refractivity contribution in [2.75, 3.05) is 6.26 Å². The van der Waals surface area contributed by atoms with Gasteiger partial charge in [0.1, 0.15) is 0 Å². The Hall–Kier alpha value is -1.03. The molecule has 1 heterocycles. The molecule has 1 rings (SSSR count). The number of rotatable bonds is 3. The van der Waals surface area contributed by atoms with Gasteiger partial charge in [-0.1, -0.05) is 6.07 Å². The first kappa shape index (κ1) is 10.1. The maximum atomic E-state index is 11.0. The first-order valence-corrected chi connectivity index (χ1v) is 5.04. The zero-order valence-electron chi connectivity index (χ0n) is 7.52. The SMILES string of the molecule is CSC(C)(C(=O)O)c1ccccn1. The third-order valence-electron chi connectivity index (χ3n) is 1.97. The van der Waals surface area contributed by atoms with E-state index in [-0.39, 0.29) is 0 Å². The molecular weight excluding hydrogens is 186 g/mol. The molecule has 3 nitrogen and oxygen atoms in total. The van der Waals surface area contributed by atoms with Crippen LogP contribution in [-0.2, 0) is 9.54 Å². The molecule has 1 N–H and O–H groups in total. The van der Waals surface area contributed by atoms with Crippen molar-refractivity contribution in [2.45, 2.75) is 11.7 Å². The standard InChI is InChI=1S/C9H11NO2S/c1-9(13-2,8(11)12)7-5-3-4-6-10-7/h3-6H,1-2H3,(H,11,12). The Kier molecular flexibility index (Phi) is 2.93. The molecule has 0 saturated heterocycles. The topological polar surface area (TPSA) is 50.2 Å². The van der Waals surface area contributed by atoms with E-state index in [0.29, 0.717) is 5.69 Å². The average molecular weight is 197 g/mol. The van der Waals surface area contributed by atoms with Crippen LogP contribution in [-0.4, -0.2) is 22.3 Å². The van der Waals surface area contributed by atoms with Gasteiger partial charge in [-0.2, -0.15) is 0 Å². The van der Waals surface area contributed by atoms with Crippen LogP contribution in [0.2, 0.25) is 0 Å². The molecular formula is C9H11NO2S. The monoisotopic (exact) mass is 197 g/mol. The number of hydrogen-bond donors (Lipinski definition) is 1. The van der Waals surface area contributed by atoms with Gasteiger partial charge in [-0.05, 0) is 25.3 Å². The normalized spacial score (nSPS) is 14.9. The van der Waals surface area contributed by atoms with Crippen LogP contribution in [0.25, 0.3) is 0 Å². The first-order chi connectivity index (χ1) is 6.11. The predicted molar refractivity (Wildman–Crippen MR) is 52.7 cm³/mol. The van der Waals surface area contributed by atoms with E-state index in [9.17, 15) is 4.79 Å². The Labute approximate surface area is 81.2 Å². The van der Waals surface area contributed by atoms with Gasteiger partial charge in [0.05, 0.1) is 5.69 Å². The summed E-state index contributed by atoms with van der Waals surface area (Å²) in [6.45, 7) is 1.66. The Morgan fingerprint density at radius 3 is 2.69 bits per heavy atom. The highest BCUT2D eigenvalue weighted by Gasteiger charge is 2.35. The van der Waals surface area contributed by atoms with Crippen molar-refractivity contribution in [1.82, 2.24) is 4.98 Å². The Morgan fingerprint density at radius 1 is 1.62 bits per heavy atom. The van der Waals surface area contributed by atoms with E-state index in [0.717, 1.165) is 0 Å². The summed E-state index contributed by atoms with van der Waals surface area (Å²) in [4.78, 5) is 15.0. The molecule has 0 aliphatic heterocycles. The lowest BCUT2D eigenvalue weighted by molar-refractivity contribution is -0.139. The van der Waals surface area contributed by atoms with Gasteiger partial charge in [0.15, 0.2) is 4.75 Å². The zero-order chi connectivity index (χ0) is 9.90. The summed E-state index contributed by atoms with van der Waals surface area (Å²) in [5, 5.41) is 9.03. The Morgan fingerprint density at radius 2 is 2.31 bits per heavy atom. The number of carbonyl (C=O) groups is 1. The maximum absolute atomic E-state index is 11.0. The van der Waals surface area contributed by atoms with Crippen LogP contribution in [0.15, 0.2) is 24.4 Å². The summed E-state index contributed by atoms with van der Waals surface area (Å²) in [6.07, 6.45) is 3.37. The van der Waals surface area contributed by atoms with Crippen LogP contribution in [0.3, 0.4) is 0 Å². The molecule has 1 atom stereocenters. The predicted octanol–water partition coefficient (Wildman–Crippen LogP) is 1.74. The van der Waals surface area contributed by atoms with Crippen LogP contribution in [0.4, 0.5) is 0 Å². The van der Waals surface area contributed by atoms with Crippen LogP contribution in [0.5, 0.6) is 0 Å². The van der Waals surface area contributed by atoms with Gasteiger partial charge in [-0.3, -0.25) is 9.78 Å². The van der Waals surface area contributed by atoms with Gasteiger partial charge in [0.2, 0.25) is 0 Å². The quantitative estimate of drug-likeness (QED) is 0.802. The molecule has 0 aliphatic rings. The molecule has 0 saturated carbocycles. The highest BCUT2D eigenvalue weighted by molar-refractivity contribution is 8.00. The van der Waals surface area contributed by atoms with Crippen molar-refractivity contribution in [3.63, 3.8) is 0 Å². The second-order valence-corrected chi connectivity index (χ2v) is 3.98. The molecule has 0 fully saturated rings. The molecule has 0 aromatic carbocycles. The van der Waals surface area contributed by atoms with Gasteiger partial charge < -0.3 is 5.11 Å². The third-order valence-corrected chi connectivity index (χ3v) is 3.17. The van der Waals surface area contributed by atoms with Gasteiger partial charge in [-0.25, -0.2) is 0 Å². The minimum absolute atomic E-state index is 0.579. The fourth-order valence-electron chi connectivity index (χ4n) is 0.946. The number of aliphatic carboxylic acids is 1. The highest BCUT2D eigenvalue weighted by Crippen LogP contribution is 2.32. The summed E-state index contributed by atoms with van der Waals surface area (Å²) in [7, 11) is 0. The molecule has 0 aliphatic carbocycles. The van der Waals surface area contributed by atoms with Crippen LogP contribution < -0.4 is 0 Å². The van der Waals surface area contributed by atoms with E-state index in [4.69, 9.17) is 5.11 Å². The van der Waals surface area contributed by atoms with Crippen molar-refractivity contribution < 1.29 is 9.90 Å². The van der Waals surface area contributed by atoms with E-state index < -0.39 is 10.7 Å². The summed E-state index contributed by atoms with van der Waals surface area (Å²) >= 11 is 1.27. The largest absolute Gasteiger partial charge is 0.480 e. The molecule has 1 unspecified atom stereocenters. The second-order valence-electron chi connectivity index (χ2n) is 2.76. The van der Waals surface area contributed by atoms with Gasteiger partial charge in [0, 0.05) is 6.20 Å². The first-order valence-electron chi connectivity index (χ1n) is 3.81. The summed E-state index contributed by atoms with van der Waals surface area (Å²) in [6, 6.07) is 5.29. The van der Waals surface area contributed by atoms with Crippen LogP contribution in [0.1, 0.15) is 12.6 Å². The number of carboxylic acids is 1. The third kappa shape index (κ3) is 1.83. The number of nitrogens with zero attached hydrogens (tertiary/aromatic N) is 1. The molecule has 13 heavy (non-hydrogen) atoms. The average Bonchev–Trinajstić information content (AvgIpc) is 2.17. The molecule has 4 heteroatoms. The van der Waals surface area contributed by atoms with Crippen molar-refractivity contribution in [2.24, 2.45) is 0 Å². The van der Waals surface area contributed by atoms with E-state index >= 15 is 0 Å². The number of aromatic nitrogens is 1. The molecule has 0 spiro atoms. The number of carboxylic acid groups (broad SMARTS) is 1. The smallest absolute Gasteiger partial charge is 0.325 e. The molecule has 1 aromatic heterocycles. The van der Waals surface area contributed by atoms with Crippen LogP contribution in [0, 0.1) is 0 Å².